The van der Waals surface area contributed by atoms with Gasteiger partial charge in [-0.15, -0.1) is 0 Å². The van der Waals surface area contributed by atoms with Crippen LogP contribution in [0.15, 0.2) is 16.6 Å². The molecule has 0 amide bonds. The Labute approximate surface area is 132 Å². The lowest BCUT2D eigenvalue weighted by Crippen LogP contribution is -2.30. The van der Waals surface area contributed by atoms with Crippen LogP contribution < -0.4 is 10.6 Å². The molecule has 0 aliphatic carbocycles. The van der Waals surface area contributed by atoms with Gasteiger partial charge in [-0.2, -0.15) is 0 Å². The molecule has 1 aromatic carbocycles. The number of benzene rings is 1. The molecule has 0 bridgehead atoms. The van der Waals surface area contributed by atoms with Crippen LogP contribution in [0.25, 0.3) is 0 Å². The van der Waals surface area contributed by atoms with Crippen molar-refractivity contribution in [3.05, 3.63) is 28.0 Å². The summed E-state index contributed by atoms with van der Waals surface area (Å²) in [4.78, 5) is 1.90. The fourth-order valence-corrected chi connectivity index (χ4v) is 2.49. The summed E-state index contributed by atoms with van der Waals surface area (Å²) in [7, 11) is 3.25. The van der Waals surface area contributed by atoms with Gasteiger partial charge in [-0.3, -0.25) is 5.41 Å². The van der Waals surface area contributed by atoms with Crippen molar-refractivity contribution in [1.29, 1.82) is 5.41 Å². The second kappa shape index (κ2) is 8.96. The number of nitrogen functional groups attached to an aromatic ring is 1. The molecule has 21 heavy (non-hydrogen) atoms. The predicted molar refractivity (Wildman–Crippen MR) is 85.7 cm³/mol. The minimum atomic E-state index is -0.420. The monoisotopic (exact) mass is 361 g/mol. The summed E-state index contributed by atoms with van der Waals surface area (Å²) in [5.41, 5.74) is 6.23. The van der Waals surface area contributed by atoms with Crippen molar-refractivity contribution in [2.24, 2.45) is 5.73 Å². The molecule has 7 heteroatoms. The van der Waals surface area contributed by atoms with Crippen LogP contribution in [-0.4, -0.2) is 46.4 Å². The number of nitrogens with zero attached hydrogens (tertiary/aromatic N) is 1. The zero-order chi connectivity index (χ0) is 15.8. The summed E-state index contributed by atoms with van der Waals surface area (Å²) in [5, 5.41) is 7.43. The van der Waals surface area contributed by atoms with Gasteiger partial charge in [-0.05, 0) is 34.5 Å². The Kier molecular flexibility index (Phi) is 7.63. The SMILES string of the molecule is COCCCN(CCOC)c1ccc(C(=N)N)c(Br)c1F. The number of nitrogens with one attached hydrogen (secondary N) is 1. The van der Waals surface area contributed by atoms with E-state index in [2.05, 4.69) is 15.9 Å². The molecule has 0 aliphatic rings. The van der Waals surface area contributed by atoms with Crippen molar-refractivity contribution in [1.82, 2.24) is 0 Å². The van der Waals surface area contributed by atoms with Crippen LogP contribution in [0.1, 0.15) is 12.0 Å². The number of methoxy groups -OCH3 is 2. The summed E-state index contributed by atoms with van der Waals surface area (Å²) >= 11 is 3.17. The number of anilines is 1. The number of nitrogens with two attached hydrogens (primary N) is 1. The molecule has 0 saturated carbocycles. The molecular formula is C14H21BrFN3O2. The molecule has 0 spiro atoms. The van der Waals surface area contributed by atoms with Gasteiger partial charge in [0.05, 0.1) is 16.8 Å². The molecule has 1 rings (SSSR count). The molecule has 0 atom stereocenters. The molecule has 0 aromatic heterocycles. The van der Waals surface area contributed by atoms with E-state index in [-0.39, 0.29) is 10.3 Å². The first kappa shape index (κ1) is 17.9. The molecule has 0 heterocycles. The maximum absolute atomic E-state index is 14.5. The lowest BCUT2D eigenvalue weighted by atomic mass is 10.1. The van der Waals surface area contributed by atoms with Gasteiger partial charge in [0, 0.05) is 39.5 Å². The highest BCUT2D eigenvalue weighted by Crippen LogP contribution is 2.29. The minimum Gasteiger partial charge on any atom is -0.385 e. The summed E-state index contributed by atoms with van der Waals surface area (Å²) < 4.78 is 24.8. The Morgan fingerprint density at radius 2 is 1.95 bits per heavy atom. The third-order valence-corrected chi connectivity index (χ3v) is 3.81. The van der Waals surface area contributed by atoms with Crippen LogP contribution in [0.2, 0.25) is 0 Å². The zero-order valence-corrected chi connectivity index (χ0v) is 13.9. The smallest absolute Gasteiger partial charge is 0.161 e. The lowest BCUT2D eigenvalue weighted by Gasteiger charge is -2.25. The van der Waals surface area contributed by atoms with Crippen LogP contribution in [0.3, 0.4) is 0 Å². The third kappa shape index (κ3) is 4.94. The first-order chi connectivity index (χ1) is 10.0. The topological polar surface area (TPSA) is 71.6 Å². The molecule has 3 N–H and O–H groups in total. The van der Waals surface area contributed by atoms with Gasteiger partial charge in [0.15, 0.2) is 5.82 Å². The molecule has 0 radical (unpaired) electrons. The lowest BCUT2D eigenvalue weighted by molar-refractivity contribution is 0.191. The van der Waals surface area contributed by atoms with Crippen LogP contribution in [0, 0.1) is 11.2 Å². The van der Waals surface area contributed by atoms with E-state index in [0.717, 1.165) is 6.42 Å². The highest BCUT2D eigenvalue weighted by Gasteiger charge is 2.17. The van der Waals surface area contributed by atoms with Gasteiger partial charge >= 0.3 is 0 Å². The van der Waals surface area contributed by atoms with E-state index in [4.69, 9.17) is 20.6 Å². The Balaban J connectivity index is 3.00. The van der Waals surface area contributed by atoms with Gasteiger partial charge in [0.1, 0.15) is 5.84 Å². The summed E-state index contributed by atoms with van der Waals surface area (Å²) in [6.45, 7) is 2.33. The minimum absolute atomic E-state index is 0.171. The van der Waals surface area contributed by atoms with E-state index in [1.54, 1.807) is 26.4 Å². The van der Waals surface area contributed by atoms with Crippen molar-refractivity contribution in [3.63, 3.8) is 0 Å². The molecule has 1 aromatic rings. The number of halogens is 2. The summed E-state index contributed by atoms with van der Waals surface area (Å²) in [6.07, 6.45) is 0.783. The normalized spacial score (nSPS) is 10.7. The van der Waals surface area contributed by atoms with Crippen LogP contribution in [0.5, 0.6) is 0 Å². The second-order valence-electron chi connectivity index (χ2n) is 4.50. The highest BCUT2D eigenvalue weighted by atomic mass is 79.9. The molecule has 0 aliphatic heterocycles. The van der Waals surface area contributed by atoms with Crippen LogP contribution in [-0.2, 0) is 9.47 Å². The molecule has 0 unspecified atom stereocenters. The predicted octanol–water partition coefficient (Wildman–Crippen LogP) is 2.36. The standard InChI is InChI=1S/C14H21BrFN3O2/c1-20-8-3-6-19(7-9-21-2)11-5-4-10(14(17)18)12(15)13(11)16/h4-5H,3,6-9H2,1-2H3,(H3,17,18). The quantitative estimate of drug-likeness (QED) is 0.402. The number of rotatable bonds is 9. The zero-order valence-electron chi connectivity index (χ0n) is 12.3. The molecule has 5 nitrogen and oxygen atoms in total. The largest absolute Gasteiger partial charge is 0.385 e. The van der Waals surface area contributed by atoms with Gasteiger partial charge in [-0.1, -0.05) is 0 Å². The Hall–Kier alpha value is -1.18. The van der Waals surface area contributed by atoms with E-state index < -0.39 is 5.82 Å². The Bertz CT molecular complexity index is 486. The first-order valence-electron chi connectivity index (χ1n) is 6.58. The average Bonchev–Trinajstić information content (AvgIpc) is 2.45. The number of hydrogen-bond acceptors (Lipinski definition) is 4. The number of hydrogen-bond donors (Lipinski definition) is 2. The Morgan fingerprint density at radius 3 is 2.52 bits per heavy atom. The van der Waals surface area contributed by atoms with Gasteiger partial charge in [0.25, 0.3) is 0 Å². The molecule has 0 fully saturated rings. The van der Waals surface area contributed by atoms with E-state index in [1.165, 1.54) is 0 Å². The Morgan fingerprint density at radius 1 is 1.29 bits per heavy atom. The number of ether oxygens (including phenoxy) is 2. The van der Waals surface area contributed by atoms with E-state index in [1.807, 2.05) is 4.90 Å². The van der Waals surface area contributed by atoms with E-state index in [0.29, 0.717) is 37.6 Å². The summed E-state index contributed by atoms with van der Waals surface area (Å²) in [6, 6.07) is 3.28. The molecule has 0 saturated heterocycles. The van der Waals surface area contributed by atoms with Crippen molar-refractivity contribution >= 4 is 27.5 Å². The highest BCUT2D eigenvalue weighted by molar-refractivity contribution is 9.10. The average molecular weight is 362 g/mol. The molecule has 118 valence electrons. The van der Waals surface area contributed by atoms with Crippen LogP contribution in [0.4, 0.5) is 10.1 Å². The molecular weight excluding hydrogens is 341 g/mol. The van der Waals surface area contributed by atoms with Gasteiger partial charge < -0.3 is 20.1 Å². The fourth-order valence-electron chi connectivity index (χ4n) is 1.95. The number of amidine groups is 1. The van der Waals surface area contributed by atoms with Gasteiger partial charge in [0.2, 0.25) is 0 Å². The third-order valence-electron chi connectivity index (χ3n) is 3.03. The van der Waals surface area contributed by atoms with Crippen molar-refractivity contribution in [2.45, 2.75) is 6.42 Å². The summed E-state index contributed by atoms with van der Waals surface area (Å²) in [5.74, 6) is -0.591. The second-order valence-corrected chi connectivity index (χ2v) is 5.29. The van der Waals surface area contributed by atoms with Crippen molar-refractivity contribution < 1.29 is 13.9 Å². The van der Waals surface area contributed by atoms with E-state index in [9.17, 15) is 4.39 Å². The van der Waals surface area contributed by atoms with E-state index >= 15 is 0 Å². The van der Waals surface area contributed by atoms with Gasteiger partial charge in [-0.25, -0.2) is 4.39 Å². The van der Waals surface area contributed by atoms with Crippen molar-refractivity contribution in [3.8, 4) is 0 Å². The first-order valence-corrected chi connectivity index (χ1v) is 7.37. The van der Waals surface area contributed by atoms with Crippen LogP contribution >= 0.6 is 15.9 Å². The maximum Gasteiger partial charge on any atom is 0.161 e. The van der Waals surface area contributed by atoms with Crippen molar-refractivity contribution in [2.75, 3.05) is 45.4 Å². The fraction of sp³-hybridized carbons (Fsp3) is 0.500. The maximum atomic E-state index is 14.5.